The Bertz CT molecular complexity index is 1510. The van der Waals surface area contributed by atoms with Gasteiger partial charge in [0.05, 0.1) is 21.7 Å². The number of rotatable bonds is 2. The van der Waals surface area contributed by atoms with Gasteiger partial charge in [0, 0.05) is 41.0 Å². The van der Waals surface area contributed by atoms with Crippen molar-refractivity contribution in [3.63, 3.8) is 0 Å². The number of nitrogens with zero attached hydrogens (tertiary/aromatic N) is 3. The van der Waals surface area contributed by atoms with E-state index in [-0.39, 0.29) is 10.6 Å². The number of aryl methyl sites for hydroxylation is 1. The zero-order chi connectivity index (χ0) is 20.8. The second-order valence-electron chi connectivity index (χ2n) is 7.15. The highest BCUT2D eigenvalue weighted by Gasteiger charge is 2.13. The van der Waals surface area contributed by atoms with E-state index in [0.29, 0.717) is 11.2 Å². The minimum Gasteiger partial charge on any atom is -0.276 e. The van der Waals surface area contributed by atoms with Gasteiger partial charge in [0.2, 0.25) is 0 Å². The van der Waals surface area contributed by atoms with Gasteiger partial charge in [-0.2, -0.15) is 0 Å². The molecule has 0 aliphatic heterocycles. The molecular formula is C24H15ClFN3O. The molecule has 0 N–H and O–H groups in total. The maximum Gasteiger partial charge on any atom is 0.255 e. The fraction of sp³-hybridized carbons (Fsp3) is 0.0417. The van der Waals surface area contributed by atoms with Crippen molar-refractivity contribution in [2.24, 2.45) is 0 Å². The van der Waals surface area contributed by atoms with Crippen LogP contribution in [0.2, 0.25) is 5.02 Å². The van der Waals surface area contributed by atoms with Crippen molar-refractivity contribution in [2.45, 2.75) is 6.92 Å². The van der Waals surface area contributed by atoms with Crippen LogP contribution in [0.3, 0.4) is 0 Å². The molecule has 2 aromatic carbocycles. The zero-order valence-electron chi connectivity index (χ0n) is 15.9. The van der Waals surface area contributed by atoms with Crippen molar-refractivity contribution in [1.29, 1.82) is 0 Å². The van der Waals surface area contributed by atoms with Gasteiger partial charge < -0.3 is 0 Å². The van der Waals surface area contributed by atoms with E-state index in [9.17, 15) is 9.18 Å². The monoisotopic (exact) mass is 415 g/mol. The van der Waals surface area contributed by atoms with Crippen LogP contribution in [-0.4, -0.2) is 14.5 Å². The molecule has 3 heterocycles. The van der Waals surface area contributed by atoms with Crippen molar-refractivity contribution in [3.05, 3.63) is 99.9 Å². The molecule has 4 nitrogen and oxygen atoms in total. The fourth-order valence-corrected chi connectivity index (χ4v) is 3.86. The molecule has 3 aromatic heterocycles. The maximum absolute atomic E-state index is 13.7. The average molecular weight is 416 g/mol. The van der Waals surface area contributed by atoms with E-state index in [1.165, 1.54) is 18.2 Å². The first-order chi connectivity index (χ1) is 14.5. The van der Waals surface area contributed by atoms with Crippen LogP contribution < -0.4 is 5.56 Å². The summed E-state index contributed by atoms with van der Waals surface area (Å²) in [5.41, 5.74) is 4.70. The van der Waals surface area contributed by atoms with Crippen molar-refractivity contribution in [1.82, 2.24) is 14.5 Å². The summed E-state index contributed by atoms with van der Waals surface area (Å²) in [6.45, 7) is 1.99. The smallest absolute Gasteiger partial charge is 0.255 e. The van der Waals surface area contributed by atoms with Crippen molar-refractivity contribution < 1.29 is 4.39 Å². The van der Waals surface area contributed by atoms with Crippen molar-refractivity contribution in [2.75, 3.05) is 0 Å². The van der Waals surface area contributed by atoms with Gasteiger partial charge in [-0.25, -0.2) is 4.39 Å². The third-order valence-corrected chi connectivity index (χ3v) is 5.38. The highest BCUT2D eigenvalue weighted by atomic mass is 35.5. The Kier molecular flexibility index (Phi) is 4.33. The lowest BCUT2D eigenvalue weighted by Gasteiger charge is -2.14. The number of hydrogen-bond donors (Lipinski definition) is 0. The van der Waals surface area contributed by atoms with Gasteiger partial charge in [-0.1, -0.05) is 17.7 Å². The molecule has 0 atom stereocenters. The molecule has 0 aliphatic rings. The molecule has 30 heavy (non-hydrogen) atoms. The SMILES string of the molecule is Cc1cncc(-c2ccc3ncc4ccc(=O)n(-c5ccc(F)c(Cl)c5)c4c3c2)c1. The standard InChI is InChI=1S/C24H15ClFN3O/c1-14-8-17(12-27-11-14)15-2-6-22-19(9-15)24-16(13-28-22)3-7-23(30)29(24)18-4-5-21(26)20(25)10-18/h2-13H,1H3. The first-order valence-electron chi connectivity index (χ1n) is 9.33. The molecule has 6 heteroatoms. The van der Waals surface area contributed by atoms with E-state index in [4.69, 9.17) is 11.6 Å². The molecule has 0 amide bonds. The molecule has 0 saturated heterocycles. The summed E-state index contributed by atoms with van der Waals surface area (Å²) in [5, 5.41) is 1.56. The Morgan fingerprint density at radius 1 is 0.933 bits per heavy atom. The maximum atomic E-state index is 13.7. The lowest BCUT2D eigenvalue weighted by atomic mass is 10.0. The van der Waals surface area contributed by atoms with Crippen molar-refractivity contribution in [3.8, 4) is 16.8 Å². The molecule has 0 spiro atoms. The first kappa shape index (κ1) is 18.5. The summed E-state index contributed by atoms with van der Waals surface area (Å²) >= 11 is 6.00. The fourth-order valence-electron chi connectivity index (χ4n) is 3.68. The molecule has 5 aromatic rings. The van der Waals surface area contributed by atoms with E-state index < -0.39 is 5.82 Å². The Balaban J connectivity index is 1.88. The Morgan fingerprint density at radius 2 is 1.80 bits per heavy atom. The highest BCUT2D eigenvalue weighted by molar-refractivity contribution is 6.30. The van der Waals surface area contributed by atoms with Gasteiger partial charge >= 0.3 is 0 Å². The van der Waals surface area contributed by atoms with Crippen molar-refractivity contribution >= 4 is 33.4 Å². The normalized spacial score (nSPS) is 11.3. The molecule has 0 fully saturated rings. The third kappa shape index (κ3) is 3.04. The van der Waals surface area contributed by atoms with E-state index in [2.05, 4.69) is 16.0 Å². The zero-order valence-corrected chi connectivity index (χ0v) is 16.7. The van der Waals surface area contributed by atoms with Gasteiger partial charge in [-0.05, 0) is 60.5 Å². The summed E-state index contributed by atoms with van der Waals surface area (Å²) in [6.07, 6.45) is 5.34. The molecular weight excluding hydrogens is 401 g/mol. The first-order valence-corrected chi connectivity index (χ1v) is 9.71. The second-order valence-corrected chi connectivity index (χ2v) is 7.56. The molecule has 0 saturated carbocycles. The summed E-state index contributed by atoms with van der Waals surface area (Å²) in [4.78, 5) is 21.7. The molecule has 0 bridgehead atoms. The molecule has 146 valence electrons. The highest BCUT2D eigenvalue weighted by Crippen LogP contribution is 2.30. The van der Waals surface area contributed by atoms with Crippen LogP contribution in [0.25, 0.3) is 38.6 Å². The predicted molar refractivity (Wildman–Crippen MR) is 118 cm³/mol. The number of aromatic nitrogens is 3. The van der Waals surface area contributed by atoms with E-state index in [1.807, 2.05) is 25.1 Å². The van der Waals surface area contributed by atoms with Crippen LogP contribution in [0.4, 0.5) is 4.39 Å². The quantitative estimate of drug-likeness (QED) is 0.347. The largest absolute Gasteiger partial charge is 0.276 e. The number of pyridine rings is 3. The topological polar surface area (TPSA) is 47.8 Å². The molecule has 0 unspecified atom stereocenters. The minimum absolute atomic E-state index is 0.0405. The minimum atomic E-state index is -0.533. The van der Waals surface area contributed by atoms with Crippen LogP contribution in [0, 0.1) is 12.7 Å². The van der Waals surface area contributed by atoms with E-state index in [0.717, 1.165) is 33.0 Å². The summed E-state index contributed by atoms with van der Waals surface area (Å²) < 4.78 is 15.3. The number of halogens is 2. The summed E-state index contributed by atoms with van der Waals surface area (Å²) in [6, 6.07) is 15.4. The van der Waals surface area contributed by atoms with Crippen LogP contribution in [-0.2, 0) is 0 Å². The van der Waals surface area contributed by atoms with Gasteiger partial charge in [-0.3, -0.25) is 19.3 Å². The van der Waals surface area contributed by atoms with Gasteiger partial charge in [-0.15, -0.1) is 0 Å². The second kappa shape index (κ2) is 7.04. The molecule has 0 aliphatic carbocycles. The van der Waals surface area contributed by atoms with Crippen LogP contribution in [0.15, 0.2) is 78.0 Å². The molecule has 5 rings (SSSR count). The van der Waals surface area contributed by atoms with Gasteiger partial charge in [0.15, 0.2) is 0 Å². The molecule has 0 radical (unpaired) electrons. The average Bonchev–Trinajstić information content (AvgIpc) is 2.75. The summed E-state index contributed by atoms with van der Waals surface area (Å²) in [5.74, 6) is -0.533. The number of hydrogen-bond acceptors (Lipinski definition) is 3. The van der Waals surface area contributed by atoms with E-state index >= 15 is 0 Å². The van der Waals surface area contributed by atoms with Gasteiger partial charge in [0.25, 0.3) is 5.56 Å². The lowest BCUT2D eigenvalue weighted by Crippen LogP contribution is -2.17. The van der Waals surface area contributed by atoms with E-state index in [1.54, 1.807) is 35.3 Å². The summed E-state index contributed by atoms with van der Waals surface area (Å²) in [7, 11) is 0. The number of benzene rings is 2. The Morgan fingerprint density at radius 3 is 2.60 bits per heavy atom. The van der Waals surface area contributed by atoms with Crippen LogP contribution >= 0.6 is 11.6 Å². The van der Waals surface area contributed by atoms with Gasteiger partial charge in [0.1, 0.15) is 5.82 Å². The number of fused-ring (bicyclic) bond motifs is 3. The van der Waals surface area contributed by atoms with Crippen LogP contribution in [0.1, 0.15) is 5.56 Å². The third-order valence-electron chi connectivity index (χ3n) is 5.09. The van der Waals surface area contributed by atoms with Crippen LogP contribution in [0.5, 0.6) is 0 Å². The Labute approximate surface area is 176 Å². The lowest BCUT2D eigenvalue weighted by molar-refractivity contribution is 0.628. The Hall–Kier alpha value is -3.57. The predicted octanol–water partition coefficient (Wildman–Crippen LogP) is 5.70.